The molecule has 1 aromatic rings. The van der Waals surface area contributed by atoms with E-state index in [-0.39, 0.29) is 11.8 Å². The minimum absolute atomic E-state index is 0.276. The average molecular weight is 401 g/mol. The molecule has 0 aliphatic heterocycles. The lowest BCUT2D eigenvalue weighted by Gasteiger charge is -2.17. The van der Waals surface area contributed by atoms with Gasteiger partial charge in [-0.1, -0.05) is 6.92 Å². The van der Waals surface area contributed by atoms with Crippen LogP contribution in [-0.2, 0) is 9.84 Å². The largest absolute Gasteiger partial charge is 0.310 e. The number of hydrogen-bond donors (Lipinski definition) is 1. The SMILES string of the molecule is CCCNC(CCCS(C)(=O)=O)c1csc(I)c1. The van der Waals surface area contributed by atoms with Gasteiger partial charge in [0.25, 0.3) is 0 Å². The van der Waals surface area contributed by atoms with Crippen molar-refractivity contribution in [1.82, 2.24) is 5.32 Å². The normalized spacial score (nSPS) is 13.7. The van der Waals surface area contributed by atoms with Crippen LogP contribution in [0.4, 0.5) is 0 Å². The predicted molar refractivity (Wildman–Crippen MR) is 87.0 cm³/mol. The van der Waals surface area contributed by atoms with Gasteiger partial charge in [-0.2, -0.15) is 0 Å². The number of thiophene rings is 1. The molecule has 1 N–H and O–H groups in total. The van der Waals surface area contributed by atoms with E-state index in [0.717, 1.165) is 19.4 Å². The number of halogens is 1. The number of rotatable bonds is 8. The second kappa shape index (κ2) is 7.81. The summed E-state index contributed by atoms with van der Waals surface area (Å²) in [5.41, 5.74) is 1.28. The van der Waals surface area contributed by atoms with Crippen LogP contribution in [0, 0.1) is 2.88 Å². The third-order valence-corrected chi connectivity index (χ3v) is 5.48. The van der Waals surface area contributed by atoms with Crippen molar-refractivity contribution in [3.05, 3.63) is 19.9 Å². The zero-order chi connectivity index (χ0) is 13.6. The van der Waals surface area contributed by atoms with Gasteiger partial charge in [0.1, 0.15) is 9.84 Å². The molecule has 0 saturated heterocycles. The maximum absolute atomic E-state index is 11.1. The van der Waals surface area contributed by atoms with Crippen LogP contribution in [0.25, 0.3) is 0 Å². The van der Waals surface area contributed by atoms with Crippen molar-refractivity contribution in [3.63, 3.8) is 0 Å². The third kappa shape index (κ3) is 6.49. The first-order valence-corrected chi connectivity index (χ1v) is 10.1. The summed E-state index contributed by atoms with van der Waals surface area (Å²) < 4.78 is 23.6. The van der Waals surface area contributed by atoms with Gasteiger partial charge in [-0.25, -0.2) is 8.42 Å². The Kier molecular flexibility index (Phi) is 7.12. The van der Waals surface area contributed by atoms with Gasteiger partial charge in [0, 0.05) is 18.1 Å². The monoisotopic (exact) mass is 401 g/mol. The van der Waals surface area contributed by atoms with Crippen LogP contribution in [0.1, 0.15) is 37.8 Å². The molecule has 1 aromatic heterocycles. The van der Waals surface area contributed by atoms with Gasteiger partial charge >= 0.3 is 0 Å². The second-order valence-corrected chi connectivity index (χ2v) is 9.53. The van der Waals surface area contributed by atoms with Gasteiger partial charge < -0.3 is 5.32 Å². The zero-order valence-electron chi connectivity index (χ0n) is 10.8. The highest BCUT2D eigenvalue weighted by atomic mass is 127. The number of sulfone groups is 1. The van der Waals surface area contributed by atoms with Gasteiger partial charge in [-0.15, -0.1) is 11.3 Å². The lowest BCUT2D eigenvalue weighted by atomic mass is 10.1. The highest BCUT2D eigenvalue weighted by Crippen LogP contribution is 2.25. The summed E-state index contributed by atoms with van der Waals surface area (Å²) >= 11 is 4.05. The van der Waals surface area contributed by atoms with Crippen molar-refractivity contribution in [2.24, 2.45) is 0 Å². The summed E-state index contributed by atoms with van der Waals surface area (Å²) in [6.07, 6.45) is 3.98. The van der Waals surface area contributed by atoms with E-state index in [1.807, 2.05) is 0 Å². The van der Waals surface area contributed by atoms with Gasteiger partial charge in [-0.05, 0) is 65.4 Å². The van der Waals surface area contributed by atoms with E-state index in [1.165, 1.54) is 14.7 Å². The minimum atomic E-state index is -2.84. The lowest BCUT2D eigenvalue weighted by molar-refractivity contribution is 0.493. The van der Waals surface area contributed by atoms with Crippen molar-refractivity contribution >= 4 is 43.8 Å². The molecule has 0 amide bonds. The van der Waals surface area contributed by atoms with Gasteiger partial charge in [0.2, 0.25) is 0 Å². The highest BCUT2D eigenvalue weighted by Gasteiger charge is 2.13. The molecule has 1 rings (SSSR count). The maximum atomic E-state index is 11.1. The lowest BCUT2D eigenvalue weighted by Crippen LogP contribution is -2.22. The first-order valence-electron chi connectivity index (χ1n) is 6.07. The molecule has 0 fully saturated rings. The van der Waals surface area contributed by atoms with Gasteiger partial charge in [0.05, 0.1) is 2.88 Å². The van der Waals surface area contributed by atoms with E-state index in [0.29, 0.717) is 6.42 Å². The smallest absolute Gasteiger partial charge is 0.147 e. The molecule has 0 aliphatic rings. The molecule has 1 heterocycles. The van der Waals surface area contributed by atoms with Crippen LogP contribution in [0.15, 0.2) is 11.4 Å². The van der Waals surface area contributed by atoms with Crippen LogP contribution in [0.2, 0.25) is 0 Å². The fourth-order valence-electron chi connectivity index (χ4n) is 1.76. The van der Waals surface area contributed by atoms with Crippen molar-refractivity contribution < 1.29 is 8.42 Å². The standard InChI is InChI=1S/C12H20INO2S2/c1-3-6-14-11(5-4-7-18(2,15)16)10-8-12(13)17-9-10/h8-9,11,14H,3-7H2,1-2H3. The van der Waals surface area contributed by atoms with Crippen molar-refractivity contribution in [2.75, 3.05) is 18.6 Å². The Labute approximate surface area is 127 Å². The van der Waals surface area contributed by atoms with Crippen molar-refractivity contribution in [1.29, 1.82) is 0 Å². The average Bonchev–Trinajstić information content (AvgIpc) is 2.68. The Bertz CT molecular complexity index is 456. The van der Waals surface area contributed by atoms with Gasteiger partial charge in [-0.3, -0.25) is 0 Å². The molecule has 6 heteroatoms. The van der Waals surface area contributed by atoms with Crippen LogP contribution < -0.4 is 5.32 Å². The van der Waals surface area contributed by atoms with Crippen LogP contribution in [0.5, 0.6) is 0 Å². The van der Waals surface area contributed by atoms with Gasteiger partial charge in [0.15, 0.2) is 0 Å². The highest BCUT2D eigenvalue weighted by molar-refractivity contribution is 14.1. The Hall–Kier alpha value is 0.340. The molecular weight excluding hydrogens is 381 g/mol. The summed E-state index contributed by atoms with van der Waals surface area (Å²) in [5.74, 6) is 0.276. The fourth-order valence-corrected chi connectivity index (χ4v) is 3.88. The molecular formula is C12H20INO2S2. The molecule has 0 saturated carbocycles. The Morgan fingerprint density at radius 2 is 2.22 bits per heavy atom. The van der Waals surface area contributed by atoms with E-state index >= 15 is 0 Å². The molecule has 0 aliphatic carbocycles. The van der Waals surface area contributed by atoms with E-state index in [4.69, 9.17) is 0 Å². The first kappa shape index (κ1) is 16.4. The fraction of sp³-hybridized carbons (Fsp3) is 0.667. The maximum Gasteiger partial charge on any atom is 0.147 e. The molecule has 1 unspecified atom stereocenters. The number of hydrogen-bond acceptors (Lipinski definition) is 4. The van der Waals surface area contributed by atoms with E-state index in [1.54, 1.807) is 11.3 Å². The first-order chi connectivity index (χ1) is 8.42. The minimum Gasteiger partial charge on any atom is -0.310 e. The third-order valence-electron chi connectivity index (χ3n) is 2.64. The van der Waals surface area contributed by atoms with E-state index in [9.17, 15) is 8.42 Å². The molecule has 18 heavy (non-hydrogen) atoms. The number of nitrogens with one attached hydrogen (secondary N) is 1. The molecule has 104 valence electrons. The molecule has 0 radical (unpaired) electrons. The summed E-state index contributed by atoms with van der Waals surface area (Å²) in [4.78, 5) is 0. The molecule has 3 nitrogen and oxygen atoms in total. The summed E-state index contributed by atoms with van der Waals surface area (Å²) in [7, 11) is -2.84. The Balaban J connectivity index is 2.56. The van der Waals surface area contributed by atoms with E-state index < -0.39 is 9.84 Å². The predicted octanol–water partition coefficient (Wildman–Crippen LogP) is 3.22. The summed E-state index contributed by atoms with van der Waals surface area (Å²) in [6, 6.07) is 2.46. The topological polar surface area (TPSA) is 46.2 Å². The van der Waals surface area contributed by atoms with E-state index in [2.05, 4.69) is 46.3 Å². The quantitative estimate of drug-likeness (QED) is 0.681. The van der Waals surface area contributed by atoms with Crippen LogP contribution >= 0.6 is 33.9 Å². The Morgan fingerprint density at radius 3 is 2.72 bits per heavy atom. The summed E-state index contributed by atoms with van der Waals surface area (Å²) in [6.45, 7) is 3.11. The molecule has 1 atom stereocenters. The van der Waals surface area contributed by atoms with Crippen molar-refractivity contribution in [2.45, 2.75) is 32.2 Å². The molecule has 0 bridgehead atoms. The molecule has 0 spiro atoms. The summed E-state index contributed by atoms with van der Waals surface area (Å²) in [5, 5.41) is 5.66. The second-order valence-electron chi connectivity index (χ2n) is 4.46. The molecule has 0 aromatic carbocycles. The van der Waals surface area contributed by atoms with Crippen LogP contribution in [0.3, 0.4) is 0 Å². The van der Waals surface area contributed by atoms with Crippen LogP contribution in [-0.4, -0.2) is 27.0 Å². The Morgan fingerprint density at radius 1 is 1.50 bits per heavy atom. The van der Waals surface area contributed by atoms with Crippen molar-refractivity contribution in [3.8, 4) is 0 Å². The zero-order valence-corrected chi connectivity index (χ0v) is 14.6.